The second-order valence-corrected chi connectivity index (χ2v) is 6.64. The average molecular weight is 351 g/mol. The van der Waals surface area contributed by atoms with Crippen LogP contribution in [-0.2, 0) is 12.0 Å². The SMILES string of the molecule is CN(C(=O)c1cc(C(C)(C)N)no1)C(CCc1ccccc1)C(F)F. The van der Waals surface area contributed by atoms with Gasteiger partial charge >= 0.3 is 0 Å². The van der Waals surface area contributed by atoms with Crippen molar-refractivity contribution in [1.29, 1.82) is 0 Å². The summed E-state index contributed by atoms with van der Waals surface area (Å²) in [7, 11) is 1.35. The molecular formula is C18H23F2N3O2. The number of hydrogen-bond donors (Lipinski definition) is 1. The van der Waals surface area contributed by atoms with E-state index in [1.54, 1.807) is 13.8 Å². The van der Waals surface area contributed by atoms with Crippen LogP contribution < -0.4 is 5.73 Å². The van der Waals surface area contributed by atoms with Crippen LogP contribution >= 0.6 is 0 Å². The summed E-state index contributed by atoms with van der Waals surface area (Å²) in [5, 5.41) is 3.75. The van der Waals surface area contributed by atoms with Crippen molar-refractivity contribution in [2.24, 2.45) is 5.73 Å². The molecule has 5 nitrogen and oxygen atoms in total. The van der Waals surface area contributed by atoms with Crippen LogP contribution in [0.3, 0.4) is 0 Å². The summed E-state index contributed by atoms with van der Waals surface area (Å²) in [6.07, 6.45) is -2.07. The van der Waals surface area contributed by atoms with Gasteiger partial charge in [0.15, 0.2) is 0 Å². The minimum atomic E-state index is -2.66. The zero-order valence-electron chi connectivity index (χ0n) is 14.6. The van der Waals surface area contributed by atoms with Crippen molar-refractivity contribution < 1.29 is 18.1 Å². The number of benzene rings is 1. The number of nitrogens with zero attached hydrogens (tertiary/aromatic N) is 2. The Morgan fingerprint density at radius 2 is 1.96 bits per heavy atom. The number of nitrogens with two attached hydrogens (primary N) is 1. The summed E-state index contributed by atoms with van der Waals surface area (Å²) in [5.74, 6) is -0.734. The highest BCUT2D eigenvalue weighted by molar-refractivity contribution is 5.91. The normalized spacial score (nSPS) is 13.1. The van der Waals surface area contributed by atoms with Crippen molar-refractivity contribution >= 4 is 5.91 Å². The number of carbonyl (C=O) groups excluding carboxylic acids is 1. The molecular weight excluding hydrogens is 328 g/mol. The third-order valence-corrected chi connectivity index (χ3v) is 4.06. The molecule has 1 aromatic carbocycles. The second kappa shape index (κ2) is 7.74. The Labute approximate surface area is 145 Å². The Morgan fingerprint density at radius 3 is 2.48 bits per heavy atom. The van der Waals surface area contributed by atoms with Gasteiger partial charge in [-0.3, -0.25) is 4.79 Å². The van der Waals surface area contributed by atoms with Gasteiger partial charge in [0, 0.05) is 13.1 Å². The van der Waals surface area contributed by atoms with Gasteiger partial charge in [-0.2, -0.15) is 0 Å². The van der Waals surface area contributed by atoms with Gasteiger partial charge in [0.25, 0.3) is 12.3 Å². The van der Waals surface area contributed by atoms with Crippen molar-refractivity contribution in [2.45, 2.75) is 44.7 Å². The van der Waals surface area contributed by atoms with E-state index in [0.717, 1.165) is 10.5 Å². The van der Waals surface area contributed by atoms with E-state index in [4.69, 9.17) is 10.3 Å². The molecule has 1 aromatic heterocycles. The third kappa shape index (κ3) is 4.85. The highest BCUT2D eigenvalue weighted by Crippen LogP contribution is 2.21. The number of aromatic nitrogens is 1. The largest absolute Gasteiger partial charge is 0.351 e. The molecule has 2 N–H and O–H groups in total. The van der Waals surface area contributed by atoms with Crippen LogP contribution in [0.4, 0.5) is 8.78 Å². The summed E-state index contributed by atoms with van der Waals surface area (Å²) in [4.78, 5) is 13.5. The first kappa shape index (κ1) is 19.1. The summed E-state index contributed by atoms with van der Waals surface area (Å²) in [6.45, 7) is 3.43. The Bertz CT molecular complexity index is 696. The molecule has 7 heteroatoms. The topological polar surface area (TPSA) is 72.4 Å². The van der Waals surface area contributed by atoms with Gasteiger partial charge in [0.2, 0.25) is 5.76 Å². The molecule has 1 atom stereocenters. The zero-order chi connectivity index (χ0) is 18.6. The summed E-state index contributed by atoms with van der Waals surface area (Å²) in [5.41, 5.74) is 6.45. The smallest absolute Gasteiger partial charge is 0.292 e. The summed E-state index contributed by atoms with van der Waals surface area (Å²) in [6, 6.07) is 9.50. The Morgan fingerprint density at radius 1 is 1.32 bits per heavy atom. The van der Waals surface area contributed by atoms with Crippen LogP contribution in [0.25, 0.3) is 0 Å². The maximum absolute atomic E-state index is 13.5. The van der Waals surface area contributed by atoms with Crippen molar-refractivity contribution in [1.82, 2.24) is 10.1 Å². The molecule has 0 saturated carbocycles. The van der Waals surface area contributed by atoms with Crippen LogP contribution in [0.2, 0.25) is 0 Å². The fraction of sp³-hybridized carbons (Fsp3) is 0.444. The van der Waals surface area contributed by atoms with E-state index in [2.05, 4.69) is 5.16 Å². The molecule has 0 spiro atoms. The standard InChI is InChI=1S/C18H23F2N3O2/c1-18(2,21)15-11-14(25-22-15)17(24)23(3)13(16(19)20)10-9-12-7-5-4-6-8-12/h4-8,11,13,16H,9-10,21H2,1-3H3. The molecule has 0 aliphatic rings. The third-order valence-electron chi connectivity index (χ3n) is 4.06. The molecule has 136 valence electrons. The Balaban J connectivity index is 2.09. The van der Waals surface area contributed by atoms with Gasteiger partial charge in [-0.1, -0.05) is 35.5 Å². The number of hydrogen-bond acceptors (Lipinski definition) is 4. The van der Waals surface area contributed by atoms with Gasteiger partial charge in [0.05, 0.1) is 11.6 Å². The molecule has 0 aliphatic carbocycles. The van der Waals surface area contributed by atoms with E-state index < -0.39 is 23.9 Å². The van der Waals surface area contributed by atoms with Gasteiger partial charge in [-0.15, -0.1) is 0 Å². The molecule has 2 aromatic rings. The first-order valence-corrected chi connectivity index (χ1v) is 8.05. The number of amides is 1. The van der Waals surface area contributed by atoms with Gasteiger partial charge in [-0.05, 0) is 32.3 Å². The highest BCUT2D eigenvalue weighted by Gasteiger charge is 2.31. The van der Waals surface area contributed by atoms with Crippen LogP contribution in [0, 0.1) is 0 Å². The minimum absolute atomic E-state index is 0.0959. The van der Waals surface area contributed by atoms with E-state index in [0.29, 0.717) is 12.1 Å². The number of aryl methyl sites for hydroxylation is 1. The van der Waals surface area contributed by atoms with Crippen LogP contribution in [-0.4, -0.2) is 35.5 Å². The van der Waals surface area contributed by atoms with E-state index in [1.807, 2.05) is 30.3 Å². The van der Waals surface area contributed by atoms with E-state index in [9.17, 15) is 13.6 Å². The van der Waals surface area contributed by atoms with Gasteiger partial charge in [0.1, 0.15) is 5.69 Å². The van der Waals surface area contributed by atoms with E-state index in [-0.39, 0.29) is 12.2 Å². The van der Waals surface area contributed by atoms with E-state index >= 15 is 0 Å². The monoisotopic (exact) mass is 351 g/mol. The average Bonchev–Trinajstić information content (AvgIpc) is 3.05. The molecule has 1 unspecified atom stereocenters. The van der Waals surface area contributed by atoms with Gasteiger partial charge < -0.3 is 15.2 Å². The number of halogens is 2. The Hall–Kier alpha value is -2.28. The summed E-state index contributed by atoms with van der Waals surface area (Å²) >= 11 is 0. The van der Waals surface area contributed by atoms with Crippen LogP contribution in [0.15, 0.2) is 40.9 Å². The maximum atomic E-state index is 13.5. The fourth-order valence-electron chi connectivity index (χ4n) is 2.45. The van der Waals surface area contributed by atoms with Crippen molar-refractivity contribution in [3.63, 3.8) is 0 Å². The molecule has 25 heavy (non-hydrogen) atoms. The molecule has 0 aliphatic heterocycles. The first-order valence-electron chi connectivity index (χ1n) is 8.05. The first-order chi connectivity index (χ1) is 11.7. The Kier molecular flexibility index (Phi) is 5.89. The van der Waals surface area contributed by atoms with E-state index in [1.165, 1.54) is 13.1 Å². The molecule has 0 fully saturated rings. The van der Waals surface area contributed by atoms with Crippen molar-refractivity contribution in [3.05, 3.63) is 53.4 Å². The second-order valence-electron chi connectivity index (χ2n) is 6.64. The lowest BCUT2D eigenvalue weighted by atomic mass is 10.0. The number of alkyl halides is 2. The van der Waals surface area contributed by atoms with Crippen LogP contribution in [0.1, 0.15) is 42.1 Å². The molecule has 0 bridgehead atoms. The molecule has 0 saturated heterocycles. The van der Waals surface area contributed by atoms with Crippen molar-refractivity contribution in [2.75, 3.05) is 7.05 Å². The van der Waals surface area contributed by atoms with Gasteiger partial charge in [-0.25, -0.2) is 8.78 Å². The van der Waals surface area contributed by atoms with Crippen LogP contribution in [0.5, 0.6) is 0 Å². The predicted molar refractivity (Wildman–Crippen MR) is 90.4 cm³/mol. The molecule has 1 amide bonds. The quantitative estimate of drug-likeness (QED) is 0.831. The van der Waals surface area contributed by atoms with Crippen molar-refractivity contribution in [3.8, 4) is 0 Å². The maximum Gasteiger partial charge on any atom is 0.292 e. The number of rotatable bonds is 7. The lowest BCUT2D eigenvalue weighted by Gasteiger charge is -2.26. The predicted octanol–water partition coefficient (Wildman–Crippen LogP) is 3.21. The lowest BCUT2D eigenvalue weighted by Crippen LogP contribution is -2.42. The zero-order valence-corrected chi connectivity index (χ0v) is 14.6. The molecule has 2 rings (SSSR count). The molecule has 0 radical (unpaired) electrons. The number of carbonyl (C=O) groups is 1. The minimum Gasteiger partial charge on any atom is -0.351 e. The lowest BCUT2D eigenvalue weighted by molar-refractivity contribution is 0.0249. The highest BCUT2D eigenvalue weighted by atomic mass is 19.3. The fourth-order valence-corrected chi connectivity index (χ4v) is 2.45. The summed E-state index contributed by atoms with van der Waals surface area (Å²) < 4.78 is 31.9. The molecule has 1 heterocycles.